The number of anilines is 1. The molecule has 0 bridgehead atoms. The zero-order valence-electron chi connectivity index (χ0n) is 18.5. The van der Waals surface area contributed by atoms with Crippen LogP contribution in [0.4, 0.5) is 5.69 Å². The SMILES string of the molecule is CN(C)CCN1CCC(CNC(=O)c2occc2CN2C(=O)Cc3ccccc32)CC1. The molecular formula is C24H32N4O3. The lowest BCUT2D eigenvalue weighted by Gasteiger charge is -2.32. The second-order valence-electron chi connectivity index (χ2n) is 8.86. The zero-order valence-corrected chi connectivity index (χ0v) is 18.5. The van der Waals surface area contributed by atoms with Crippen molar-refractivity contribution in [2.75, 3.05) is 51.7 Å². The highest BCUT2D eigenvalue weighted by Gasteiger charge is 2.29. The van der Waals surface area contributed by atoms with Gasteiger partial charge in [0.2, 0.25) is 5.91 Å². The molecule has 7 nitrogen and oxygen atoms in total. The average molecular weight is 425 g/mol. The first-order valence-corrected chi connectivity index (χ1v) is 11.1. The summed E-state index contributed by atoms with van der Waals surface area (Å²) < 4.78 is 5.51. The van der Waals surface area contributed by atoms with Crippen LogP contribution in [0, 0.1) is 5.92 Å². The first kappa shape index (κ1) is 21.6. The first-order chi connectivity index (χ1) is 15.0. The zero-order chi connectivity index (χ0) is 21.8. The molecule has 0 atom stereocenters. The Morgan fingerprint density at radius 2 is 1.97 bits per heavy atom. The normalized spacial score (nSPS) is 17.4. The minimum absolute atomic E-state index is 0.0507. The lowest BCUT2D eigenvalue weighted by Crippen LogP contribution is -2.41. The third-order valence-electron chi connectivity index (χ3n) is 6.33. The molecule has 31 heavy (non-hydrogen) atoms. The average Bonchev–Trinajstić information content (AvgIpc) is 3.36. The van der Waals surface area contributed by atoms with E-state index in [2.05, 4.69) is 29.2 Å². The van der Waals surface area contributed by atoms with Gasteiger partial charge in [-0.25, -0.2) is 0 Å². The molecule has 1 fully saturated rings. The molecule has 0 aliphatic carbocycles. The van der Waals surface area contributed by atoms with Gasteiger partial charge in [-0.05, 0) is 63.6 Å². The Bertz CT molecular complexity index is 915. The highest BCUT2D eigenvalue weighted by Crippen LogP contribution is 2.30. The van der Waals surface area contributed by atoms with E-state index in [4.69, 9.17) is 4.42 Å². The van der Waals surface area contributed by atoms with Crippen molar-refractivity contribution in [1.29, 1.82) is 0 Å². The highest BCUT2D eigenvalue weighted by atomic mass is 16.3. The van der Waals surface area contributed by atoms with E-state index in [9.17, 15) is 9.59 Å². The first-order valence-electron chi connectivity index (χ1n) is 11.1. The Morgan fingerprint density at radius 1 is 1.19 bits per heavy atom. The molecule has 2 aromatic rings. The van der Waals surface area contributed by atoms with Gasteiger partial charge in [-0.2, -0.15) is 0 Å². The van der Waals surface area contributed by atoms with Crippen molar-refractivity contribution in [2.45, 2.75) is 25.8 Å². The van der Waals surface area contributed by atoms with Gasteiger partial charge in [-0.3, -0.25) is 9.59 Å². The summed E-state index contributed by atoms with van der Waals surface area (Å²) in [6.45, 7) is 5.34. The highest BCUT2D eigenvalue weighted by molar-refractivity contribution is 6.01. The number of nitrogens with one attached hydrogen (secondary N) is 1. The molecule has 0 radical (unpaired) electrons. The number of hydrogen-bond acceptors (Lipinski definition) is 5. The summed E-state index contributed by atoms with van der Waals surface area (Å²) in [5, 5.41) is 3.05. The molecule has 1 aromatic heterocycles. The topological polar surface area (TPSA) is 69.0 Å². The third kappa shape index (κ3) is 5.17. The van der Waals surface area contributed by atoms with Crippen LogP contribution in [0.2, 0.25) is 0 Å². The Labute approximate surface area is 184 Å². The Balaban J connectivity index is 1.29. The van der Waals surface area contributed by atoms with Crippen LogP contribution < -0.4 is 10.2 Å². The van der Waals surface area contributed by atoms with Crippen LogP contribution in [0.1, 0.15) is 34.5 Å². The van der Waals surface area contributed by atoms with Crippen molar-refractivity contribution < 1.29 is 14.0 Å². The van der Waals surface area contributed by atoms with Gasteiger partial charge in [0.05, 0.1) is 19.2 Å². The van der Waals surface area contributed by atoms with Gasteiger partial charge in [-0.1, -0.05) is 18.2 Å². The summed E-state index contributed by atoms with van der Waals surface area (Å²) >= 11 is 0. The Kier molecular flexibility index (Phi) is 6.73. The number of furan rings is 1. The number of carbonyl (C=O) groups excluding carboxylic acids is 2. The second kappa shape index (κ2) is 9.66. The van der Waals surface area contributed by atoms with E-state index in [1.165, 1.54) is 6.26 Å². The minimum atomic E-state index is -0.199. The van der Waals surface area contributed by atoms with E-state index in [0.29, 0.717) is 31.2 Å². The third-order valence-corrected chi connectivity index (χ3v) is 6.33. The summed E-state index contributed by atoms with van der Waals surface area (Å²) in [7, 11) is 4.20. The van der Waals surface area contributed by atoms with E-state index >= 15 is 0 Å². The van der Waals surface area contributed by atoms with Crippen molar-refractivity contribution in [3.8, 4) is 0 Å². The molecule has 2 aliphatic heterocycles. The Hall–Kier alpha value is -2.64. The van der Waals surface area contributed by atoms with Crippen LogP contribution in [-0.4, -0.2) is 68.4 Å². The van der Waals surface area contributed by atoms with Gasteiger partial charge < -0.3 is 24.4 Å². The number of likely N-dealkylation sites (tertiary alicyclic amines) is 1. The minimum Gasteiger partial charge on any atom is -0.459 e. The van der Waals surface area contributed by atoms with Crippen LogP contribution in [0.3, 0.4) is 0 Å². The van der Waals surface area contributed by atoms with E-state index in [-0.39, 0.29) is 11.8 Å². The number of nitrogens with zero attached hydrogens (tertiary/aromatic N) is 3. The fraction of sp³-hybridized carbons (Fsp3) is 0.500. The lowest BCUT2D eigenvalue weighted by atomic mass is 9.96. The van der Waals surface area contributed by atoms with Crippen LogP contribution in [-0.2, 0) is 17.8 Å². The van der Waals surface area contributed by atoms with E-state index < -0.39 is 0 Å². The summed E-state index contributed by atoms with van der Waals surface area (Å²) in [4.78, 5) is 31.7. The number of hydrogen-bond donors (Lipinski definition) is 1. The molecule has 1 saturated heterocycles. The summed E-state index contributed by atoms with van der Waals surface area (Å²) in [5.41, 5.74) is 2.68. The second-order valence-corrected chi connectivity index (χ2v) is 8.86. The van der Waals surface area contributed by atoms with Gasteiger partial charge in [-0.15, -0.1) is 0 Å². The predicted molar refractivity (Wildman–Crippen MR) is 120 cm³/mol. The lowest BCUT2D eigenvalue weighted by molar-refractivity contribution is -0.117. The number of likely N-dealkylation sites (N-methyl/N-ethyl adjacent to an activating group) is 1. The van der Waals surface area contributed by atoms with Crippen LogP contribution in [0.25, 0.3) is 0 Å². The van der Waals surface area contributed by atoms with Crippen molar-refractivity contribution in [3.63, 3.8) is 0 Å². The number of fused-ring (bicyclic) bond motifs is 1. The number of benzene rings is 1. The fourth-order valence-electron chi connectivity index (χ4n) is 4.39. The van der Waals surface area contributed by atoms with Gasteiger partial charge in [0.1, 0.15) is 0 Å². The number of piperidine rings is 1. The molecular weight excluding hydrogens is 392 g/mol. The molecule has 1 N–H and O–H groups in total. The number of carbonyl (C=O) groups is 2. The molecule has 4 rings (SSSR count). The van der Waals surface area contributed by atoms with Crippen LogP contribution in [0.5, 0.6) is 0 Å². The van der Waals surface area contributed by atoms with Crippen molar-refractivity contribution in [2.24, 2.45) is 5.92 Å². The molecule has 2 amide bonds. The summed E-state index contributed by atoms with van der Waals surface area (Å²) in [6.07, 6.45) is 4.12. The van der Waals surface area contributed by atoms with E-state index in [1.807, 2.05) is 24.3 Å². The predicted octanol–water partition coefficient (Wildman–Crippen LogP) is 2.37. The summed E-state index contributed by atoms with van der Waals surface area (Å²) in [6, 6.07) is 9.58. The van der Waals surface area contributed by atoms with Crippen LogP contribution >= 0.6 is 0 Å². The molecule has 3 heterocycles. The van der Waals surface area contributed by atoms with Gasteiger partial charge in [0.15, 0.2) is 5.76 Å². The van der Waals surface area contributed by atoms with Crippen molar-refractivity contribution >= 4 is 17.5 Å². The number of amides is 2. The fourth-order valence-corrected chi connectivity index (χ4v) is 4.39. The molecule has 0 saturated carbocycles. The maximum atomic E-state index is 12.8. The summed E-state index contributed by atoms with van der Waals surface area (Å²) in [5.74, 6) is 0.648. The van der Waals surface area contributed by atoms with Gasteiger partial charge in [0.25, 0.3) is 5.91 Å². The largest absolute Gasteiger partial charge is 0.459 e. The maximum absolute atomic E-state index is 12.8. The molecule has 1 aromatic carbocycles. The van der Waals surface area contributed by atoms with Crippen molar-refractivity contribution in [1.82, 2.24) is 15.1 Å². The van der Waals surface area contributed by atoms with Crippen LogP contribution in [0.15, 0.2) is 41.0 Å². The standard InChI is InChI=1S/C24H32N4O3/c1-26(2)12-13-27-10-7-18(8-11-27)16-25-24(30)23-20(9-14-31-23)17-28-21-6-4-3-5-19(21)15-22(28)29/h3-6,9,14,18H,7-8,10-13,15-17H2,1-2H3,(H,25,30). The molecule has 0 spiro atoms. The molecule has 2 aliphatic rings. The molecule has 166 valence electrons. The van der Waals surface area contributed by atoms with E-state index in [1.54, 1.807) is 11.0 Å². The Morgan fingerprint density at radius 3 is 2.74 bits per heavy atom. The van der Waals surface area contributed by atoms with E-state index in [0.717, 1.165) is 55.8 Å². The smallest absolute Gasteiger partial charge is 0.287 e. The van der Waals surface area contributed by atoms with Gasteiger partial charge in [0, 0.05) is 30.9 Å². The molecule has 7 heteroatoms. The quantitative estimate of drug-likeness (QED) is 0.705. The van der Waals surface area contributed by atoms with Crippen molar-refractivity contribution in [3.05, 3.63) is 53.5 Å². The number of rotatable bonds is 8. The maximum Gasteiger partial charge on any atom is 0.287 e. The number of para-hydroxylation sites is 1. The molecule has 0 unspecified atom stereocenters. The monoisotopic (exact) mass is 424 g/mol. The van der Waals surface area contributed by atoms with Gasteiger partial charge >= 0.3 is 0 Å².